The van der Waals surface area contributed by atoms with Gasteiger partial charge in [0.1, 0.15) is 24.6 Å². The second-order valence-electron chi connectivity index (χ2n) is 5.77. The number of ether oxygens (including phenoxy) is 1. The minimum atomic E-state index is -0.105. The summed E-state index contributed by atoms with van der Waals surface area (Å²) in [7, 11) is 1.93. The van der Waals surface area contributed by atoms with Crippen molar-refractivity contribution in [3.8, 4) is 0 Å². The standard InChI is InChI=1S/C16H18N6O/c1-11-4-3-5-12-14(11)17-9-18-15(12)22-6-7-23-13(8-22)16-20-19-10-21(16)2/h3-5,9-10,13H,6-8H2,1-2H3/t13-/m0/s1. The van der Waals surface area contributed by atoms with Crippen molar-refractivity contribution in [2.45, 2.75) is 13.0 Å². The largest absolute Gasteiger partial charge is 0.366 e. The quantitative estimate of drug-likeness (QED) is 0.717. The Hall–Kier alpha value is -2.54. The average Bonchev–Trinajstić information content (AvgIpc) is 3.01. The lowest BCUT2D eigenvalue weighted by atomic mass is 10.1. The summed E-state index contributed by atoms with van der Waals surface area (Å²) >= 11 is 0. The maximum absolute atomic E-state index is 5.88. The van der Waals surface area contributed by atoms with E-state index in [4.69, 9.17) is 4.74 Å². The molecule has 0 amide bonds. The smallest absolute Gasteiger partial charge is 0.163 e. The first-order valence-corrected chi connectivity index (χ1v) is 7.65. The van der Waals surface area contributed by atoms with Gasteiger partial charge in [-0.2, -0.15) is 0 Å². The van der Waals surface area contributed by atoms with E-state index in [1.54, 1.807) is 12.7 Å². The molecule has 0 radical (unpaired) electrons. The predicted octanol–water partition coefficient (Wildman–Crippen LogP) is 1.64. The zero-order chi connectivity index (χ0) is 15.8. The van der Waals surface area contributed by atoms with Crippen LogP contribution in [-0.4, -0.2) is 44.4 Å². The summed E-state index contributed by atoms with van der Waals surface area (Å²) in [4.78, 5) is 11.2. The summed E-state index contributed by atoms with van der Waals surface area (Å²) in [5.74, 6) is 1.79. The Morgan fingerprint density at radius 3 is 3.00 bits per heavy atom. The van der Waals surface area contributed by atoms with Crippen LogP contribution in [0.15, 0.2) is 30.9 Å². The highest BCUT2D eigenvalue weighted by molar-refractivity contribution is 5.91. The first-order chi connectivity index (χ1) is 11.2. The summed E-state index contributed by atoms with van der Waals surface area (Å²) in [5, 5.41) is 9.19. The summed E-state index contributed by atoms with van der Waals surface area (Å²) < 4.78 is 7.78. The SMILES string of the molecule is Cc1cccc2c(N3CCO[C@H](c4nncn4C)C3)ncnc12. The van der Waals surface area contributed by atoms with E-state index in [2.05, 4.69) is 44.1 Å². The lowest BCUT2D eigenvalue weighted by molar-refractivity contribution is 0.0319. The molecule has 1 atom stereocenters. The van der Waals surface area contributed by atoms with E-state index in [-0.39, 0.29) is 6.10 Å². The molecule has 3 heterocycles. The van der Waals surface area contributed by atoms with Gasteiger partial charge >= 0.3 is 0 Å². The number of para-hydroxylation sites is 1. The van der Waals surface area contributed by atoms with Gasteiger partial charge in [-0.15, -0.1) is 10.2 Å². The Kier molecular flexibility index (Phi) is 3.42. The lowest BCUT2D eigenvalue weighted by Crippen LogP contribution is -2.39. The van der Waals surface area contributed by atoms with Crippen molar-refractivity contribution in [1.29, 1.82) is 0 Å². The maximum Gasteiger partial charge on any atom is 0.163 e. The third-order valence-corrected chi connectivity index (χ3v) is 4.25. The molecule has 7 nitrogen and oxygen atoms in total. The number of anilines is 1. The molecule has 1 aliphatic heterocycles. The highest BCUT2D eigenvalue weighted by Crippen LogP contribution is 2.29. The van der Waals surface area contributed by atoms with Crippen LogP contribution in [0, 0.1) is 6.92 Å². The number of hydrogen-bond donors (Lipinski definition) is 0. The molecule has 23 heavy (non-hydrogen) atoms. The van der Waals surface area contributed by atoms with Gasteiger partial charge in [0.15, 0.2) is 5.82 Å². The summed E-state index contributed by atoms with van der Waals surface area (Å²) in [5.41, 5.74) is 2.16. The fraction of sp³-hybridized carbons (Fsp3) is 0.375. The topological polar surface area (TPSA) is 69.0 Å². The molecular weight excluding hydrogens is 292 g/mol. The van der Waals surface area contributed by atoms with Crippen molar-refractivity contribution in [3.63, 3.8) is 0 Å². The molecular formula is C16H18N6O. The number of hydrogen-bond acceptors (Lipinski definition) is 6. The van der Waals surface area contributed by atoms with Crippen LogP contribution in [0.4, 0.5) is 5.82 Å². The molecule has 1 fully saturated rings. The van der Waals surface area contributed by atoms with Crippen molar-refractivity contribution in [2.75, 3.05) is 24.6 Å². The molecule has 118 valence electrons. The highest BCUT2D eigenvalue weighted by Gasteiger charge is 2.27. The van der Waals surface area contributed by atoms with Gasteiger partial charge in [-0.05, 0) is 18.6 Å². The Bertz CT molecular complexity index is 845. The average molecular weight is 310 g/mol. The van der Waals surface area contributed by atoms with E-state index < -0.39 is 0 Å². The molecule has 1 aliphatic rings. The van der Waals surface area contributed by atoms with Gasteiger partial charge in [-0.1, -0.05) is 12.1 Å². The molecule has 4 rings (SSSR count). The molecule has 0 bridgehead atoms. The summed E-state index contributed by atoms with van der Waals surface area (Å²) in [6.45, 7) is 4.20. The molecule has 0 aliphatic carbocycles. The lowest BCUT2D eigenvalue weighted by Gasteiger charge is -2.33. The van der Waals surface area contributed by atoms with Gasteiger partial charge in [0, 0.05) is 19.0 Å². The molecule has 0 N–H and O–H groups in total. The van der Waals surface area contributed by atoms with Crippen LogP contribution in [0.1, 0.15) is 17.5 Å². The second kappa shape index (κ2) is 5.58. The molecule has 3 aromatic rings. The first kappa shape index (κ1) is 14.1. The van der Waals surface area contributed by atoms with E-state index in [1.165, 1.54) is 0 Å². The van der Waals surface area contributed by atoms with Crippen LogP contribution in [-0.2, 0) is 11.8 Å². The molecule has 0 unspecified atom stereocenters. The van der Waals surface area contributed by atoms with Crippen molar-refractivity contribution in [3.05, 3.63) is 42.2 Å². The third kappa shape index (κ3) is 2.43. The summed E-state index contributed by atoms with van der Waals surface area (Å²) in [6.07, 6.45) is 3.23. The van der Waals surface area contributed by atoms with Crippen LogP contribution in [0.2, 0.25) is 0 Å². The van der Waals surface area contributed by atoms with Crippen LogP contribution >= 0.6 is 0 Å². The van der Waals surface area contributed by atoms with Crippen molar-refractivity contribution < 1.29 is 4.74 Å². The van der Waals surface area contributed by atoms with Gasteiger partial charge in [0.05, 0.1) is 18.7 Å². The van der Waals surface area contributed by atoms with Gasteiger partial charge in [-0.3, -0.25) is 0 Å². The van der Waals surface area contributed by atoms with Gasteiger partial charge in [0.25, 0.3) is 0 Å². The number of aromatic nitrogens is 5. The Morgan fingerprint density at radius 1 is 1.26 bits per heavy atom. The molecule has 7 heteroatoms. The van der Waals surface area contributed by atoms with Crippen molar-refractivity contribution >= 4 is 16.7 Å². The molecule has 1 aromatic carbocycles. The minimum Gasteiger partial charge on any atom is -0.366 e. The van der Waals surface area contributed by atoms with E-state index in [0.717, 1.165) is 34.7 Å². The molecule has 2 aromatic heterocycles. The molecule has 1 saturated heterocycles. The fourth-order valence-electron chi connectivity index (χ4n) is 3.06. The van der Waals surface area contributed by atoms with Crippen LogP contribution in [0.5, 0.6) is 0 Å². The van der Waals surface area contributed by atoms with Crippen LogP contribution in [0.25, 0.3) is 10.9 Å². The van der Waals surface area contributed by atoms with Gasteiger partial charge in [0.2, 0.25) is 0 Å². The van der Waals surface area contributed by atoms with E-state index in [1.807, 2.05) is 17.7 Å². The van der Waals surface area contributed by atoms with Gasteiger partial charge in [-0.25, -0.2) is 9.97 Å². The number of rotatable bonds is 2. The fourth-order valence-corrected chi connectivity index (χ4v) is 3.06. The van der Waals surface area contributed by atoms with E-state index >= 15 is 0 Å². The Labute approximate surface area is 133 Å². The van der Waals surface area contributed by atoms with Crippen LogP contribution < -0.4 is 4.90 Å². The monoisotopic (exact) mass is 310 g/mol. The summed E-state index contributed by atoms with van der Waals surface area (Å²) in [6, 6.07) is 6.19. The highest BCUT2D eigenvalue weighted by atomic mass is 16.5. The normalized spacial score (nSPS) is 18.5. The second-order valence-corrected chi connectivity index (χ2v) is 5.77. The Balaban J connectivity index is 1.71. The predicted molar refractivity (Wildman–Crippen MR) is 86.2 cm³/mol. The number of nitrogens with zero attached hydrogens (tertiary/aromatic N) is 6. The number of fused-ring (bicyclic) bond motifs is 1. The third-order valence-electron chi connectivity index (χ3n) is 4.25. The van der Waals surface area contributed by atoms with Crippen molar-refractivity contribution in [2.24, 2.45) is 7.05 Å². The first-order valence-electron chi connectivity index (χ1n) is 7.65. The Morgan fingerprint density at radius 2 is 2.17 bits per heavy atom. The zero-order valence-corrected chi connectivity index (χ0v) is 13.2. The number of morpholine rings is 1. The van der Waals surface area contributed by atoms with E-state index in [9.17, 15) is 0 Å². The number of aryl methyl sites for hydroxylation is 2. The van der Waals surface area contributed by atoms with Crippen molar-refractivity contribution in [1.82, 2.24) is 24.7 Å². The van der Waals surface area contributed by atoms with Crippen LogP contribution in [0.3, 0.4) is 0 Å². The minimum absolute atomic E-state index is 0.105. The molecule has 0 saturated carbocycles. The van der Waals surface area contributed by atoms with Gasteiger partial charge < -0.3 is 14.2 Å². The molecule has 0 spiro atoms. The zero-order valence-electron chi connectivity index (χ0n) is 13.2. The van der Waals surface area contributed by atoms with E-state index in [0.29, 0.717) is 13.2 Å². The number of benzene rings is 1. The maximum atomic E-state index is 5.88.